The molecule has 3 aromatic rings. The van der Waals surface area contributed by atoms with E-state index in [1.807, 2.05) is 52.0 Å². The van der Waals surface area contributed by atoms with Crippen LogP contribution < -0.4 is 20.7 Å². The largest absolute Gasteiger partial charge is 0.395 e. The zero-order valence-corrected chi connectivity index (χ0v) is 25.9. The summed E-state index contributed by atoms with van der Waals surface area (Å²) >= 11 is 6.64. The Bertz CT molecular complexity index is 1390. The number of nitrogens with zero attached hydrogens (tertiary/aromatic N) is 1. The van der Waals surface area contributed by atoms with Gasteiger partial charge in [-0.15, -0.1) is 11.3 Å². The molecule has 0 fully saturated rings. The molecule has 2 aromatic carbocycles. The molecule has 0 aliphatic heterocycles. The van der Waals surface area contributed by atoms with E-state index in [1.54, 1.807) is 18.3 Å². The van der Waals surface area contributed by atoms with Crippen LogP contribution in [-0.2, 0) is 14.8 Å². The highest BCUT2D eigenvalue weighted by Gasteiger charge is 2.26. The van der Waals surface area contributed by atoms with E-state index in [4.69, 9.17) is 12.2 Å². The summed E-state index contributed by atoms with van der Waals surface area (Å²) in [5.74, 6) is -0.442. The Balaban J connectivity index is 0.00000533. The number of carbonyl (C=O) groups is 1. The number of benzene rings is 2. The van der Waals surface area contributed by atoms with E-state index in [9.17, 15) is 18.3 Å². The van der Waals surface area contributed by atoms with Crippen LogP contribution in [0.25, 0.3) is 21.0 Å². The van der Waals surface area contributed by atoms with Gasteiger partial charge in [0.2, 0.25) is 15.9 Å². The van der Waals surface area contributed by atoms with Gasteiger partial charge in [-0.1, -0.05) is 19.9 Å². The van der Waals surface area contributed by atoms with Crippen molar-refractivity contribution in [1.29, 1.82) is 0 Å². The number of aromatic nitrogens is 1. The number of nitrogens with one attached hydrogen (secondary N) is 4. The summed E-state index contributed by atoms with van der Waals surface area (Å²) in [5, 5.41) is 19.8. The quantitative estimate of drug-likeness (QED) is 0.212. The van der Waals surface area contributed by atoms with Gasteiger partial charge < -0.3 is 21.1 Å². The van der Waals surface area contributed by atoms with Crippen LogP contribution in [0.15, 0.2) is 53.6 Å². The molecule has 1 aromatic heterocycles. The molecule has 0 spiro atoms. The van der Waals surface area contributed by atoms with Crippen LogP contribution >= 0.6 is 37.1 Å². The molecule has 3 rings (SSSR count). The number of hydrogen-bond donors (Lipinski definition) is 5. The van der Waals surface area contributed by atoms with E-state index in [0.717, 1.165) is 11.3 Å². The molecule has 0 aliphatic carbocycles. The number of aliphatic hydroxyl groups excluding tert-OH is 1. The molecule has 13 heteroatoms. The van der Waals surface area contributed by atoms with Crippen molar-refractivity contribution in [2.75, 3.05) is 17.2 Å². The third-order valence-corrected chi connectivity index (χ3v) is 8.31. The topological polar surface area (TPSA) is 132 Å². The highest BCUT2D eigenvalue weighted by Crippen LogP contribution is 2.37. The third-order valence-electron chi connectivity index (χ3n) is 5.48. The lowest BCUT2D eigenvalue weighted by molar-refractivity contribution is -0.114. The van der Waals surface area contributed by atoms with Crippen LogP contribution in [-0.4, -0.2) is 48.2 Å². The molecule has 0 radical (unpaired) electrons. The maximum absolute atomic E-state index is 13.4. The number of thiazole rings is 1. The number of rotatable bonds is 10. The predicted octanol–water partition coefficient (Wildman–Crippen LogP) is 4.54. The molecule has 0 bridgehead atoms. The Hall–Kier alpha value is -2.55. The molecule has 5 N–H and O–H groups in total. The maximum atomic E-state index is 13.4. The fourth-order valence-corrected chi connectivity index (χ4v) is 6.53. The van der Waals surface area contributed by atoms with Crippen molar-refractivity contribution in [3.05, 3.63) is 48.7 Å². The summed E-state index contributed by atoms with van der Waals surface area (Å²) in [6.45, 7) is 8.67. The zero-order chi connectivity index (χ0) is 28.0. The lowest BCUT2D eigenvalue weighted by Crippen LogP contribution is -2.41. The number of carbonyl (C=O) groups excluding carboxylic acids is 1. The van der Waals surface area contributed by atoms with Crippen molar-refractivity contribution in [2.45, 2.75) is 51.6 Å². The van der Waals surface area contributed by atoms with Gasteiger partial charge in [0.15, 0.2) is 5.11 Å². The fourth-order valence-electron chi connectivity index (χ4n) is 3.53. The van der Waals surface area contributed by atoms with Crippen LogP contribution in [0, 0.1) is 5.92 Å². The molecule has 0 aliphatic rings. The van der Waals surface area contributed by atoms with E-state index >= 15 is 0 Å². The van der Waals surface area contributed by atoms with E-state index in [2.05, 4.69) is 25.7 Å². The first-order chi connectivity index (χ1) is 17.9. The van der Waals surface area contributed by atoms with Crippen LogP contribution in [0.5, 0.6) is 0 Å². The summed E-state index contributed by atoms with van der Waals surface area (Å²) in [4.78, 5) is 16.8. The third kappa shape index (κ3) is 8.98. The fraction of sp³-hybridized carbons (Fsp3) is 0.346. The average molecular weight is 610 g/mol. The Morgan fingerprint density at radius 1 is 1.05 bits per heavy atom. The first-order valence-corrected chi connectivity index (χ1v) is 14.8. The van der Waals surface area contributed by atoms with E-state index in [-0.39, 0.29) is 42.9 Å². The summed E-state index contributed by atoms with van der Waals surface area (Å²) in [5.41, 5.74) is 2.50. The van der Waals surface area contributed by atoms with Gasteiger partial charge in [0.05, 0.1) is 16.4 Å². The second-order valence-corrected chi connectivity index (χ2v) is 12.5. The number of thiocarbonyl (C=S) groups is 1. The second kappa shape index (κ2) is 14.2. The minimum absolute atomic E-state index is 0. The number of aliphatic hydroxyl groups is 1. The molecular formula is C26H35N5O4S4. The molecule has 1 amide bonds. The second-order valence-electron chi connectivity index (χ2n) is 9.41. The van der Waals surface area contributed by atoms with Gasteiger partial charge >= 0.3 is 0 Å². The minimum atomic E-state index is -4.04. The number of sulfonamides is 1. The van der Waals surface area contributed by atoms with Gasteiger partial charge in [0, 0.05) is 47.7 Å². The van der Waals surface area contributed by atoms with Crippen LogP contribution in [0.3, 0.4) is 0 Å². The van der Waals surface area contributed by atoms with Crippen LogP contribution in [0.2, 0.25) is 0 Å². The van der Waals surface area contributed by atoms with Crippen LogP contribution in [0.4, 0.5) is 11.4 Å². The van der Waals surface area contributed by atoms with Gasteiger partial charge in [-0.25, -0.2) is 18.1 Å². The molecule has 0 saturated heterocycles. The monoisotopic (exact) mass is 609 g/mol. The zero-order valence-electron chi connectivity index (χ0n) is 22.4. The maximum Gasteiger partial charge on any atom is 0.241 e. The number of hydrogen-bond acceptors (Lipinski definition) is 7. The summed E-state index contributed by atoms with van der Waals surface area (Å²) in [6, 6.07) is 11.9. The van der Waals surface area contributed by atoms with Crippen molar-refractivity contribution in [1.82, 2.24) is 15.0 Å². The SMILES string of the molecule is CC(=O)Nc1ccc(-c2cnc(-c3ccc(NC(=S)NC(C)C)cc3)s2)c(S(=O)(=O)N[C@H](CO)C(C)C)c1.S. The van der Waals surface area contributed by atoms with Crippen molar-refractivity contribution >= 4 is 69.5 Å². The standard InChI is InChI=1S/C26H33N5O4S3.H2S/c1-15(2)22(14-32)31-38(34,35)24-12-20(29-17(5)33)10-11-21(24)23-13-27-25(37-23)18-6-8-19(9-7-18)30-26(36)28-16(3)4;/h6-13,15-16,22,31-32H,14H2,1-5H3,(H,29,33)(H2,28,30,36);1H2/t22-;/m1./s1. The lowest BCUT2D eigenvalue weighted by Gasteiger charge is -2.21. The van der Waals surface area contributed by atoms with Crippen molar-refractivity contribution in [2.24, 2.45) is 5.92 Å². The Morgan fingerprint density at radius 2 is 1.69 bits per heavy atom. The molecule has 212 valence electrons. The molecular weight excluding hydrogens is 575 g/mol. The van der Waals surface area contributed by atoms with E-state index < -0.39 is 16.1 Å². The van der Waals surface area contributed by atoms with Gasteiger partial charge in [0.1, 0.15) is 5.01 Å². The average Bonchev–Trinajstić information content (AvgIpc) is 3.32. The Labute approximate surface area is 246 Å². The molecule has 9 nitrogen and oxygen atoms in total. The molecule has 1 heterocycles. The molecule has 39 heavy (non-hydrogen) atoms. The van der Waals surface area contributed by atoms with Crippen molar-refractivity contribution in [3.8, 4) is 21.0 Å². The summed E-state index contributed by atoms with van der Waals surface area (Å²) in [7, 11) is -4.04. The lowest BCUT2D eigenvalue weighted by atomic mass is 10.1. The van der Waals surface area contributed by atoms with Gasteiger partial charge in [0.25, 0.3) is 0 Å². The molecule has 0 unspecified atom stereocenters. The first kappa shape index (κ1) is 32.7. The molecule has 0 saturated carbocycles. The van der Waals surface area contributed by atoms with E-state index in [0.29, 0.717) is 26.2 Å². The smallest absolute Gasteiger partial charge is 0.241 e. The minimum Gasteiger partial charge on any atom is -0.395 e. The summed E-state index contributed by atoms with van der Waals surface area (Å²) in [6.07, 6.45) is 1.63. The van der Waals surface area contributed by atoms with Crippen molar-refractivity contribution < 1.29 is 18.3 Å². The Kier molecular flexibility index (Phi) is 11.9. The van der Waals surface area contributed by atoms with Gasteiger partial charge in [-0.05, 0) is 68.4 Å². The number of amides is 1. The first-order valence-electron chi connectivity index (χ1n) is 12.1. The van der Waals surface area contributed by atoms with Gasteiger partial charge in [-0.3, -0.25) is 4.79 Å². The van der Waals surface area contributed by atoms with E-state index in [1.165, 1.54) is 24.3 Å². The molecule has 1 atom stereocenters. The van der Waals surface area contributed by atoms with Crippen LogP contribution in [0.1, 0.15) is 34.6 Å². The summed E-state index contributed by atoms with van der Waals surface area (Å²) < 4.78 is 29.5. The Morgan fingerprint density at radius 3 is 2.26 bits per heavy atom. The van der Waals surface area contributed by atoms with Gasteiger partial charge in [-0.2, -0.15) is 13.5 Å². The predicted molar refractivity (Wildman–Crippen MR) is 168 cm³/mol. The van der Waals surface area contributed by atoms with Crippen molar-refractivity contribution in [3.63, 3.8) is 0 Å². The number of anilines is 2. The normalized spacial score (nSPS) is 12.1. The highest BCUT2D eigenvalue weighted by atomic mass is 32.2. The highest BCUT2D eigenvalue weighted by molar-refractivity contribution is 7.89.